The number of carbonyl (C=O) groups is 2. The number of allylic oxidation sites excluding steroid dienone is 5. The quantitative estimate of drug-likeness (QED) is 0.0153. The van der Waals surface area contributed by atoms with Crippen LogP contribution in [-0.2, 0) is 27.2 Å². The summed E-state index contributed by atoms with van der Waals surface area (Å²) in [5.74, 6) is 8.45. The first kappa shape index (κ1) is 54.9. The first-order chi connectivity index (χ1) is 31.2. The molecule has 0 aromatic heterocycles. The number of benzene rings is 4. The SMILES string of the molecule is C=CC(=C)CCCSCCSc1cccc(Cc2cccc(SCCSCCCC(=C)C=C)c2)c1.C=CC(=O)CCCSc1cccc(Cc2cccc(SCCOC(=O)C=C)c2)c1. The highest BCUT2D eigenvalue weighted by Crippen LogP contribution is 2.27. The van der Waals surface area contributed by atoms with Gasteiger partial charge in [-0.15, -0.1) is 47.0 Å². The Morgan fingerprint density at radius 1 is 0.453 bits per heavy atom. The van der Waals surface area contributed by atoms with Crippen LogP contribution in [0.25, 0.3) is 0 Å². The van der Waals surface area contributed by atoms with Gasteiger partial charge >= 0.3 is 5.97 Å². The first-order valence-corrected chi connectivity index (χ1v) is 28.0. The van der Waals surface area contributed by atoms with Crippen LogP contribution in [0.4, 0.5) is 0 Å². The fourth-order valence-corrected chi connectivity index (χ4v) is 11.8. The summed E-state index contributed by atoms with van der Waals surface area (Å²) in [6.07, 6.45) is 14.1. The number of hydrogen-bond acceptors (Lipinski definition) is 9. The van der Waals surface area contributed by atoms with Crippen molar-refractivity contribution in [3.05, 3.63) is 194 Å². The second-order valence-corrected chi connectivity index (χ2v) is 21.8. The molecule has 0 radical (unpaired) electrons. The van der Waals surface area contributed by atoms with Crippen LogP contribution in [0.5, 0.6) is 0 Å². The summed E-state index contributed by atoms with van der Waals surface area (Å²) in [5, 5.41) is 0. The second kappa shape index (κ2) is 34.8. The monoisotopic (exact) mass is 966 g/mol. The van der Waals surface area contributed by atoms with Crippen molar-refractivity contribution < 1.29 is 14.3 Å². The number of ketones is 1. The third-order valence-electron chi connectivity index (χ3n) is 9.38. The summed E-state index contributed by atoms with van der Waals surface area (Å²) in [5.41, 5.74) is 7.60. The van der Waals surface area contributed by atoms with E-state index in [-0.39, 0.29) is 11.8 Å². The third-order valence-corrected chi connectivity index (χ3v) is 16.1. The van der Waals surface area contributed by atoms with Gasteiger partial charge < -0.3 is 4.74 Å². The molecule has 340 valence electrons. The summed E-state index contributed by atoms with van der Waals surface area (Å²) in [6, 6.07) is 35.1. The molecule has 0 spiro atoms. The fraction of sp³-hybridized carbons (Fsp3) is 0.309. The average Bonchev–Trinajstić information content (AvgIpc) is 3.31. The van der Waals surface area contributed by atoms with E-state index in [4.69, 9.17) is 4.74 Å². The zero-order valence-corrected chi connectivity index (χ0v) is 42.4. The van der Waals surface area contributed by atoms with Gasteiger partial charge in [0.2, 0.25) is 0 Å². The van der Waals surface area contributed by atoms with E-state index in [1.165, 1.54) is 84.9 Å². The molecule has 4 aromatic rings. The summed E-state index contributed by atoms with van der Waals surface area (Å²) in [6.45, 7) is 22.8. The normalized spacial score (nSPS) is 10.6. The number of carbonyl (C=O) groups excluding carboxylic acids is 2. The van der Waals surface area contributed by atoms with E-state index >= 15 is 0 Å². The van der Waals surface area contributed by atoms with Gasteiger partial charge in [0.25, 0.3) is 0 Å². The second-order valence-electron chi connectivity index (χ2n) is 14.6. The smallest absolute Gasteiger partial charge is 0.330 e. The third kappa shape index (κ3) is 25.9. The van der Waals surface area contributed by atoms with E-state index < -0.39 is 0 Å². The topological polar surface area (TPSA) is 43.4 Å². The van der Waals surface area contributed by atoms with Crippen molar-refractivity contribution in [1.82, 2.24) is 0 Å². The molecule has 0 saturated carbocycles. The van der Waals surface area contributed by atoms with Crippen molar-refractivity contribution in [1.29, 1.82) is 0 Å². The number of ether oxygens (including phenoxy) is 1. The molecule has 0 aliphatic rings. The highest BCUT2D eigenvalue weighted by Gasteiger charge is 2.05. The maximum Gasteiger partial charge on any atom is 0.330 e. The van der Waals surface area contributed by atoms with Crippen LogP contribution < -0.4 is 0 Å². The fourth-order valence-electron chi connectivity index (χ4n) is 6.00. The zero-order valence-electron chi connectivity index (χ0n) is 37.5. The highest BCUT2D eigenvalue weighted by atomic mass is 32.2. The predicted molar refractivity (Wildman–Crippen MR) is 292 cm³/mol. The predicted octanol–water partition coefficient (Wildman–Crippen LogP) is 15.7. The molecule has 0 fully saturated rings. The van der Waals surface area contributed by atoms with Gasteiger partial charge in [0, 0.05) is 60.8 Å². The summed E-state index contributed by atoms with van der Waals surface area (Å²) in [7, 11) is 0. The molecule has 3 nitrogen and oxygen atoms in total. The lowest BCUT2D eigenvalue weighted by Gasteiger charge is -2.08. The summed E-state index contributed by atoms with van der Waals surface area (Å²) < 4.78 is 5.01. The molecule has 0 saturated heterocycles. The molecular formula is C55H66O3S6. The Balaban J connectivity index is 0.000000346. The first-order valence-electron chi connectivity index (χ1n) is 21.8. The number of rotatable bonds is 33. The molecular weight excluding hydrogens is 901 g/mol. The van der Waals surface area contributed by atoms with Crippen molar-refractivity contribution >= 4 is 82.3 Å². The Morgan fingerprint density at radius 3 is 1.23 bits per heavy atom. The molecule has 4 aromatic carbocycles. The van der Waals surface area contributed by atoms with E-state index in [2.05, 4.69) is 137 Å². The standard InChI is InChI=1S/C31H40S4.C24H26O3S2/c1-5-26(3)11-9-17-32-19-21-34-30-15-7-13-28(24-30)23-29-14-8-16-31(25-29)35-22-20-33-18-10-12-27(4)6-2;1-3-21(25)10-7-14-28-22-11-5-8-19(17-22)16-20-9-6-12-23(18-20)29-15-13-27-24(26)4-2/h5-8,13-16,24-25H,1-4,9-12,17-23H2;3-6,8-9,11-12,17-18H,1-2,7,10,13-16H2. The van der Waals surface area contributed by atoms with Gasteiger partial charge in [-0.1, -0.05) is 111 Å². The highest BCUT2D eigenvalue weighted by molar-refractivity contribution is 8.03. The maximum atomic E-state index is 11.3. The molecule has 0 aliphatic heterocycles. The molecule has 4 rings (SSSR count). The molecule has 0 bridgehead atoms. The van der Waals surface area contributed by atoms with Gasteiger partial charge in [-0.2, -0.15) is 23.5 Å². The van der Waals surface area contributed by atoms with Crippen LogP contribution in [-0.4, -0.2) is 64.4 Å². The largest absolute Gasteiger partial charge is 0.462 e. The molecule has 64 heavy (non-hydrogen) atoms. The van der Waals surface area contributed by atoms with Crippen LogP contribution in [0.3, 0.4) is 0 Å². The average molecular weight is 968 g/mol. The Hall–Kier alpha value is -3.44. The van der Waals surface area contributed by atoms with Gasteiger partial charge in [0.15, 0.2) is 5.78 Å². The lowest BCUT2D eigenvalue weighted by Crippen LogP contribution is -2.03. The van der Waals surface area contributed by atoms with Gasteiger partial charge in [0.05, 0.1) is 0 Å². The zero-order chi connectivity index (χ0) is 46.0. The van der Waals surface area contributed by atoms with Crippen molar-refractivity contribution in [2.24, 2.45) is 0 Å². The van der Waals surface area contributed by atoms with E-state index in [1.807, 2.05) is 59.2 Å². The minimum Gasteiger partial charge on any atom is -0.462 e. The molecule has 0 heterocycles. The Bertz CT molecular complexity index is 1930. The van der Waals surface area contributed by atoms with Crippen molar-refractivity contribution in [3.63, 3.8) is 0 Å². The molecule has 0 atom stereocenters. The lowest BCUT2D eigenvalue weighted by molar-refractivity contribution is -0.137. The number of hydrogen-bond donors (Lipinski definition) is 0. The Morgan fingerprint density at radius 2 is 0.844 bits per heavy atom. The van der Waals surface area contributed by atoms with E-state index in [0.717, 1.165) is 65.4 Å². The number of esters is 1. The summed E-state index contributed by atoms with van der Waals surface area (Å²) in [4.78, 5) is 27.5. The van der Waals surface area contributed by atoms with Crippen LogP contribution in [0.1, 0.15) is 60.8 Å². The number of thioether (sulfide) groups is 6. The van der Waals surface area contributed by atoms with Crippen LogP contribution in [0.2, 0.25) is 0 Å². The van der Waals surface area contributed by atoms with Crippen molar-refractivity contribution in [3.8, 4) is 0 Å². The van der Waals surface area contributed by atoms with Gasteiger partial charge in [-0.25, -0.2) is 4.79 Å². The van der Waals surface area contributed by atoms with Crippen molar-refractivity contribution in [2.75, 3.05) is 52.6 Å². The minimum atomic E-state index is -0.385. The summed E-state index contributed by atoms with van der Waals surface area (Å²) >= 11 is 11.5. The van der Waals surface area contributed by atoms with E-state index in [0.29, 0.717) is 18.8 Å². The molecule has 9 heteroatoms. The minimum absolute atomic E-state index is 0.107. The molecule has 0 N–H and O–H groups in total. The Kier molecular flexibility index (Phi) is 29.9. The van der Waals surface area contributed by atoms with Crippen molar-refractivity contribution in [2.45, 2.75) is 70.9 Å². The molecule has 0 unspecified atom stereocenters. The maximum absolute atomic E-state index is 11.3. The Labute approximate surface area is 411 Å². The van der Waals surface area contributed by atoms with E-state index in [9.17, 15) is 9.59 Å². The lowest BCUT2D eigenvalue weighted by atomic mass is 10.1. The van der Waals surface area contributed by atoms with Crippen LogP contribution >= 0.6 is 70.6 Å². The van der Waals surface area contributed by atoms with Gasteiger partial charge in [-0.3, -0.25) is 4.79 Å². The van der Waals surface area contributed by atoms with Gasteiger partial charge in [0.1, 0.15) is 6.61 Å². The van der Waals surface area contributed by atoms with Gasteiger partial charge in [-0.05, 0) is 139 Å². The molecule has 0 amide bonds. The molecule has 0 aliphatic carbocycles. The van der Waals surface area contributed by atoms with E-state index in [1.54, 1.807) is 23.5 Å². The van der Waals surface area contributed by atoms with Crippen LogP contribution in [0.15, 0.2) is 192 Å². The van der Waals surface area contributed by atoms with Crippen LogP contribution in [0, 0.1) is 0 Å².